The third-order valence-corrected chi connectivity index (χ3v) is 1.88. The molecule has 0 amide bonds. The van der Waals surface area contributed by atoms with Crippen molar-refractivity contribution in [3.8, 4) is 0 Å². The Kier molecular flexibility index (Phi) is 7.33. The van der Waals surface area contributed by atoms with Crippen molar-refractivity contribution in [2.75, 3.05) is 6.61 Å². The molecule has 0 bridgehead atoms. The van der Waals surface area contributed by atoms with Gasteiger partial charge in [0.2, 0.25) is 0 Å². The molecule has 0 saturated carbocycles. The first-order valence-corrected chi connectivity index (χ1v) is 5.29. The van der Waals surface area contributed by atoms with Gasteiger partial charge in [-0.1, -0.05) is 36.8 Å². The Morgan fingerprint density at radius 3 is 2.00 bits per heavy atom. The van der Waals surface area contributed by atoms with Crippen molar-refractivity contribution < 1.29 is 9.53 Å². The van der Waals surface area contributed by atoms with Gasteiger partial charge in [-0.15, -0.1) is 0 Å². The van der Waals surface area contributed by atoms with E-state index in [-0.39, 0.29) is 5.97 Å². The van der Waals surface area contributed by atoms with Gasteiger partial charge in [-0.2, -0.15) is 0 Å². The van der Waals surface area contributed by atoms with E-state index in [1.54, 1.807) is 6.92 Å². The highest BCUT2D eigenvalue weighted by atomic mass is 16.5. The van der Waals surface area contributed by atoms with E-state index >= 15 is 0 Å². The molecule has 0 heterocycles. The number of aryl methyl sites for hydroxylation is 2. The SMILES string of the molecule is CCOC(C)=O.CCc1ccc(C)cc1. The van der Waals surface area contributed by atoms with Crippen LogP contribution in [0.2, 0.25) is 0 Å². The molecule has 0 aromatic heterocycles. The average Bonchev–Trinajstić information content (AvgIpc) is 2.20. The zero-order chi connectivity index (χ0) is 11.7. The third kappa shape index (κ3) is 7.74. The zero-order valence-electron chi connectivity index (χ0n) is 10.0. The number of rotatable bonds is 2. The number of carbonyl (C=O) groups excluding carboxylic acids is 1. The third-order valence-electron chi connectivity index (χ3n) is 1.88. The van der Waals surface area contributed by atoms with E-state index in [1.165, 1.54) is 18.1 Å². The molecule has 2 heteroatoms. The van der Waals surface area contributed by atoms with Crippen molar-refractivity contribution in [3.63, 3.8) is 0 Å². The molecule has 0 saturated heterocycles. The van der Waals surface area contributed by atoms with Gasteiger partial charge in [-0.05, 0) is 25.8 Å². The standard InChI is InChI=1S/C9H12.C4H8O2/c1-3-9-6-4-8(2)5-7-9;1-3-6-4(2)5/h4-7H,3H2,1-2H3;3H2,1-2H3. The Morgan fingerprint density at radius 2 is 1.73 bits per heavy atom. The van der Waals surface area contributed by atoms with E-state index in [0.29, 0.717) is 6.61 Å². The first-order chi connectivity index (χ1) is 7.10. The quantitative estimate of drug-likeness (QED) is 0.698. The predicted molar refractivity (Wildman–Crippen MR) is 62.9 cm³/mol. The smallest absolute Gasteiger partial charge is 0.302 e. The molecule has 2 nitrogen and oxygen atoms in total. The number of hydrogen-bond donors (Lipinski definition) is 0. The molecule has 0 aliphatic carbocycles. The lowest BCUT2D eigenvalue weighted by Gasteiger charge is -1.94. The van der Waals surface area contributed by atoms with Gasteiger partial charge in [0.05, 0.1) is 6.61 Å². The maximum absolute atomic E-state index is 9.82. The van der Waals surface area contributed by atoms with Crippen LogP contribution in [0.1, 0.15) is 31.9 Å². The summed E-state index contributed by atoms with van der Waals surface area (Å²) in [7, 11) is 0. The van der Waals surface area contributed by atoms with Crippen molar-refractivity contribution in [1.82, 2.24) is 0 Å². The van der Waals surface area contributed by atoms with Crippen molar-refractivity contribution in [2.24, 2.45) is 0 Å². The van der Waals surface area contributed by atoms with Crippen molar-refractivity contribution >= 4 is 5.97 Å². The summed E-state index contributed by atoms with van der Waals surface area (Å²) in [5, 5.41) is 0. The second-order valence-electron chi connectivity index (χ2n) is 3.26. The van der Waals surface area contributed by atoms with Crippen LogP contribution in [0, 0.1) is 6.92 Å². The summed E-state index contributed by atoms with van der Waals surface area (Å²) < 4.78 is 4.40. The Hall–Kier alpha value is -1.31. The molecular formula is C13H20O2. The van der Waals surface area contributed by atoms with E-state index in [1.807, 2.05) is 0 Å². The van der Waals surface area contributed by atoms with Crippen LogP contribution < -0.4 is 0 Å². The average molecular weight is 208 g/mol. The minimum Gasteiger partial charge on any atom is -0.466 e. The Labute approximate surface area is 92.3 Å². The van der Waals surface area contributed by atoms with Gasteiger partial charge in [-0.25, -0.2) is 0 Å². The van der Waals surface area contributed by atoms with Crippen LogP contribution in [0.25, 0.3) is 0 Å². The van der Waals surface area contributed by atoms with Crippen molar-refractivity contribution in [3.05, 3.63) is 35.4 Å². The fourth-order valence-electron chi connectivity index (χ4n) is 1.03. The van der Waals surface area contributed by atoms with Gasteiger partial charge in [0, 0.05) is 6.92 Å². The number of benzene rings is 1. The monoisotopic (exact) mass is 208 g/mol. The predicted octanol–water partition coefficient (Wildman–Crippen LogP) is 3.13. The van der Waals surface area contributed by atoms with E-state index in [2.05, 4.69) is 42.8 Å². The molecule has 0 unspecified atom stereocenters. The Bertz CT molecular complexity index is 275. The minimum absolute atomic E-state index is 0.211. The van der Waals surface area contributed by atoms with Crippen LogP contribution >= 0.6 is 0 Å². The highest BCUT2D eigenvalue weighted by molar-refractivity contribution is 5.65. The second-order valence-corrected chi connectivity index (χ2v) is 3.26. The van der Waals surface area contributed by atoms with E-state index in [0.717, 1.165) is 6.42 Å². The Morgan fingerprint density at radius 1 is 1.20 bits per heavy atom. The molecule has 0 spiro atoms. The van der Waals surface area contributed by atoms with Crippen LogP contribution in [0.5, 0.6) is 0 Å². The summed E-state index contributed by atoms with van der Waals surface area (Å²) >= 11 is 0. The summed E-state index contributed by atoms with van der Waals surface area (Å²) in [5.41, 5.74) is 2.76. The molecule has 0 atom stereocenters. The van der Waals surface area contributed by atoms with Crippen LogP contribution in [-0.4, -0.2) is 12.6 Å². The zero-order valence-corrected chi connectivity index (χ0v) is 10.0. The molecule has 1 rings (SSSR count). The van der Waals surface area contributed by atoms with Crippen LogP contribution in [0.3, 0.4) is 0 Å². The lowest BCUT2D eigenvalue weighted by atomic mass is 10.1. The molecule has 0 fully saturated rings. The van der Waals surface area contributed by atoms with Crippen molar-refractivity contribution in [1.29, 1.82) is 0 Å². The van der Waals surface area contributed by atoms with Gasteiger partial charge >= 0.3 is 5.97 Å². The molecular weight excluding hydrogens is 188 g/mol. The van der Waals surface area contributed by atoms with Gasteiger partial charge in [0.15, 0.2) is 0 Å². The molecule has 15 heavy (non-hydrogen) atoms. The molecule has 1 aromatic carbocycles. The summed E-state index contributed by atoms with van der Waals surface area (Å²) in [6, 6.07) is 8.66. The number of hydrogen-bond acceptors (Lipinski definition) is 2. The molecule has 0 aliphatic rings. The molecule has 1 aromatic rings. The molecule has 0 radical (unpaired) electrons. The summed E-state index contributed by atoms with van der Waals surface area (Å²) in [5.74, 6) is -0.211. The maximum Gasteiger partial charge on any atom is 0.302 e. The molecule has 0 N–H and O–H groups in total. The second kappa shape index (κ2) is 8.04. The topological polar surface area (TPSA) is 26.3 Å². The van der Waals surface area contributed by atoms with Gasteiger partial charge < -0.3 is 4.74 Å². The van der Waals surface area contributed by atoms with Crippen LogP contribution in [-0.2, 0) is 16.0 Å². The van der Waals surface area contributed by atoms with Crippen LogP contribution in [0.4, 0.5) is 0 Å². The summed E-state index contributed by atoms with van der Waals surface area (Å²) in [4.78, 5) is 9.82. The van der Waals surface area contributed by atoms with E-state index in [4.69, 9.17) is 0 Å². The lowest BCUT2D eigenvalue weighted by Crippen LogP contribution is -1.95. The van der Waals surface area contributed by atoms with Gasteiger partial charge in [0.25, 0.3) is 0 Å². The van der Waals surface area contributed by atoms with E-state index in [9.17, 15) is 4.79 Å². The van der Waals surface area contributed by atoms with Gasteiger partial charge in [-0.3, -0.25) is 4.79 Å². The fraction of sp³-hybridized carbons (Fsp3) is 0.462. The van der Waals surface area contributed by atoms with Gasteiger partial charge in [0.1, 0.15) is 0 Å². The highest BCUT2D eigenvalue weighted by Crippen LogP contribution is 2.02. The normalized spacial score (nSPS) is 8.80. The minimum atomic E-state index is -0.211. The highest BCUT2D eigenvalue weighted by Gasteiger charge is 1.84. The summed E-state index contributed by atoms with van der Waals surface area (Å²) in [6.45, 7) is 7.93. The number of ether oxygens (including phenoxy) is 1. The first kappa shape index (κ1) is 13.7. The molecule has 84 valence electrons. The Balaban J connectivity index is 0.000000288. The number of carbonyl (C=O) groups is 1. The molecule has 0 aliphatic heterocycles. The lowest BCUT2D eigenvalue weighted by molar-refractivity contribution is -0.140. The number of esters is 1. The summed E-state index contributed by atoms with van der Waals surface area (Å²) in [6.07, 6.45) is 1.14. The first-order valence-electron chi connectivity index (χ1n) is 5.29. The van der Waals surface area contributed by atoms with Crippen molar-refractivity contribution in [2.45, 2.75) is 34.1 Å². The maximum atomic E-state index is 9.82. The van der Waals surface area contributed by atoms with E-state index < -0.39 is 0 Å². The van der Waals surface area contributed by atoms with Crippen LogP contribution in [0.15, 0.2) is 24.3 Å². The largest absolute Gasteiger partial charge is 0.466 e. The fourth-order valence-corrected chi connectivity index (χ4v) is 1.03.